The predicted octanol–water partition coefficient (Wildman–Crippen LogP) is 2.00. The van der Waals surface area contributed by atoms with Gasteiger partial charge in [0.25, 0.3) is 0 Å². The van der Waals surface area contributed by atoms with E-state index in [1.165, 1.54) is 18.5 Å². The summed E-state index contributed by atoms with van der Waals surface area (Å²) in [6.07, 6.45) is 2.64. The number of nitrogens with two attached hydrogens (primary N) is 1. The topological polar surface area (TPSA) is 84.4 Å². The molecule has 0 atom stereocenters. The van der Waals surface area contributed by atoms with Gasteiger partial charge in [-0.2, -0.15) is 0 Å². The highest BCUT2D eigenvalue weighted by molar-refractivity contribution is 7.99. The molecule has 0 aliphatic carbocycles. The first-order valence-electron chi connectivity index (χ1n) is 5.03. The van der Waals surface area contributed by atoms with Crippen molar-refractivity contribution in [1.82, 2.24) is 9.97 Å². The van der Waals surface area contributed by atoms with Crippen LogP contribution < -0.4 is 5.73 Å². The Bertz CT molecular complexity index is 619. The Morgan fingerprint density at radius 1 is 1.26 bits per heavy atom. The molecule has 0 amide bonds. The third-order valence-electron chi connectivity index (χ3n) is 2.11. The molecule has 98 valence electrons. The summed E-state index contributed by atoms with van der Waals surface area (Å²) in [5, 5.41) is 11.6. The molecule has 0 aliphatic heterocycles. The van der Waals surface area contributed by atoms with E-state index >= 15 is 0 Å². The van der Waals surface area contributed by atoms with Gasteiger partial charge in [0.15, 0.2) is 5.84 Å². The van der Waals surface area contributed by atoms with E-state index in [-0.39, 0.29) is 16.4 Å². The van der Waals surface area contributed by atoms with Gasteiger partial charge in [0.05, 0.1) is 12.4 Å². The molecule has 0 saturated carbocycles. The van der Waals surface area contributed by atoms with Crippen molar-refractivity contribution in [3.05, 3.63) is 47.9 Å². The molecule has 0 radical (unpaired) electrons. The van der Waals surface area contributed by atoms with Gasteiger partial charge in [-0.3, -0.25) is 0 Å². The van der Waals surface area contributed by atoms with Gasteiger partial charge in [-0.1, -0.05) is 16.9 Å². The lowest BCUT2D eigenvalue weighted by atomic mass is 10.3. The van der Waals surface area contributed by atoms with Crippen LogP contribution in [0.25, 0.3) is 0 Å². The van der Waals surface area contributed by atoms with Gasteiger partial charge in [-0.05, 0) is 12.1 Å². The summed E-state index contributed by atoms with van der Waals surface area (Å²) in [4.78, 5) is 8.10. The zero-order valence-corrected chi connectivity index (χ0v) is 10.2. The van der Waals surface area contributed by atoms with Crippen LogP contribution >= 0.6 is 11.8 Å². The number of halogens is 2. The van der Waals surface area contributed by atoms with E-state index in [4.69, 9.17) is 10.9 Å². The second-order valence-electron chi connectivity index (χ2n) is 3.40. The zero-order chi connectivity index (χ0) is 13.8. The van der Waals surface area contributed by atoms with Crippen molar-refractivity contribution in [2.45, 2.75) is 9.92 Å². The standard InChI is InChI=1S/C11H8F2N4OS/c12-6-1-2-9(7(13)3-6)19-10-5-15-8(4-16-10)11(14)17-18/h1-5,18H,(H2,14,17). The van der Waals surface area contributed by atoms with Gasteiger partial charge >= 0.3 is 0 Å². The van der Waals surface area contributed by atoms with Gasteiger partial charge in [0.1, 0.15) is 22.4 Å². The molecule has 1 aromatic heterocycles. The highest BCUT2D eigenvalue weighted by Gasteiger charge is 2.08. The van der Waals surface area contributed by atoms with E-state index < -0.39 is 11.6 Å². The van der Waals surface area contributed by atoms with Crippen LogP contribution in [0.3, 0.4) is 0 Å². The van der Waals surface area contributed by atoms with Gasteiger partial charge in [0, 0.05) is 11.0 Å². The fraction of sp³-hybridized carbons (Fsp3) is 0. The number of oxime groups is 1. The monoisotopic (exact) mass is 282 g/mol. The molecule has 1 heterocycles. The molecule has 5 nitrogen and oxygen atoms in total. The maximum absolute atomic E-state index is 13.4. The summed E-state index contributed by atoms with van der Waals surface area (Å²) in [6.45, 7) is 0. The number of amidine groups is 1. The maximum Gasteiger partial charge on any atom is 0.190 e. The fourth-order valence-electron chi connectivity index (χ4n) is 1.22. The summed E-state index contributed by atoms with van der Waals surface area (Å²) in [7, 11) is 0. The van der Waals surface area contributed by atoms with Crippen LogP contribution in [0.5, 0.6) is 0 Å². The zero-order valence-electron chi connectivity index (χ0n) is 9.42. The first kappa shape index (κ1) is 13.2. The molecule has 8 heteroatoms. The van der Waals surface area contributed by atoms with Crippen LogP contribution in [0.2, 0.25) is 0 Å². The minimum absolute atomic E-state index is 0.169. The lowest BCUT2D eigenvalue weighted by Crippen LogP contribution is -2.15. The van der Waals surface area contributed by atoms with Crippen molar-refractivity contribution in [2.75, 3.05) is 0 Å². The Morgan fingerprint density at radius 3 is 2.63 bits per heavy atom. The highest BCUT2D eigenvalue weighted by Crippen LogP contribution is 2.28. The predicted molar refractivity (Wildman–Crippen MR) is 65.0 cm³/mol. The lowest BCUT2D eigenvalue weighted by Gasteiger charge is -2.03. The second kappa shape index (κ2) is 5.61. The number of rotatable bonds is 3. The third-order valence-corrected chi connectivity index (χ3v) is 3.08. The summed E-state index contributed by atoms with van der Waals surface area (Å²) >= 11 is 0.992. The van der Waals surface area contributed by atoms with Crippen molar-refractivity contribution in [1.29, 1.82) is 0 Å². The molecule has 0 unspecified atom stereocenters. The van der Waals surface area contributed by atoms with Crippen molar-refractivity contribution in [2.24, 2.45) is 10.9 Å². The Kier molecular flexibility index (Phi) is 3.91. The molecular weight excluding hydrogens is 274 g/mol. The average Bonchev–Trinajstić information content (AvgIpc) is 2.42. The van der Waals surface area contributed by atoms with Crippen LogP contribution in [0.4, 0.5) is 8.78 Å². The smallest absolute Gasteiger partial charge is 0.190 e. The van der Waals surface area contributed by atoms with Crippen molar-refractivity contribution in [3.63, 3.8) is 0 Å². The van der Waals surface area contributed by atoms with E-state index in [1.807, 2.05) is 0 Å². The number of nitrogens with zero attached hydrogens (tertiary/aromatic N) is 3. The second-order valence-corrected chi connectivity index (χ2v) is 4.46. The fourth-order valence-corrected chi connectivity index (χ4v) is 1.95. The summed E-state index contributed by atoms with van der Waals surface area (Å²) in [6, 6.07) is 3.26. The molecule has 2 rings (SSSR count). The van der Waals surface area contributed by atoms with Crippen LogP contribution in [0.15, 0.2) is 45.7 Å². The quantitative estimate of drug-likeness (QED) is 0.389. The van der Waals surface area contributed by atoms with E-state index in [2.05, 4.69) is 15.1 Å². The Balaban J connectivity index is 2.20. The third kappa shape index (κ3) is 3.16. The number of benzene rings is 1. The molecule has 2 aromatic rings. The number of aromatic nitrogens is 2. The van der Waals surface area contributed by atoms with Gasteiger partial charge < -0.3 is 10.9 Å². The van der Waals surface area contributed by atoms with E-state index in [0.717, 1.165) is 23.9 Å². The highest BCUT2D eigenvalue weighted by atomic mass is 32.2. The Labute approximate surface area is 111 Å². The van der Waals surface area contributed by atoms with Gasteiger partial charge in [-0.25, -0.2) is 18.7 Å². The molecule has 0 aliphatic rings. The largest absolute Gasteiger partial charge is 0.409 e. The van der Waals surface area contributed by atoms with Crippen LogP contribution in [-0.2, 0) is 0 Å². The molecule has 3 N–H and O–H groups in total. The number of hydrogen-bond acceptors (Lipinski definition) is 5. The summed E-state index contributed by atoms with van der Waals surface area (Å²) in [5.41, 5.74) is 5.53. The van der Waals surface area contributed by atoms with Crippen molar-refractivity contribution in [3.8, 4) is 0 Å². The molecule has 1 aromatic carbocycles. The van der Waals surface area contributed by atoms with Gasteiger partial charge in [-0.15, -0.1) is 0 Å². The Morgan fingerprint density at radius 2 is 2.05 bits per heavy atom. The van der Waals surface area contributed by atoms with Crippen LogP contribution in [-0.4, -0.2) is 21.0 Å². The minimum Gasteiger partial charge on any atom is -0.409 e. The van der Waals surface area contributed by atoms with Crippen molar-refractivity contribution >= 4 is 17.6 Å². The first-order chi connectivity index (χ1) is 9.10. The SMILES string of the molecule is NC(=NO)c1cnc(Sc2ccc(F)cc2F)cn1. The average molecular weight is 282 g/mol. The number of hydrogen-bond donors (Lipinski definition) is 2. The van der Waals surface area contributed by atoms with E-state index in [0.29, 0.717) is 5.03 Å². The molecule has 0 bridgehead atoms. The van der Waals surface area contributed by atoms with Crippen LogP contribution in [0, 0.1) is 11.6 Å². The Hall–Kier alpha value is -2.22. The molecule has 19 heavy (non-hydrogen) atoms. The molecule has 0 spiro atoms. The van der Waals surface area contributed by atoms with Gasteiger partial charge in [0.2, 0.25) is 0 Å². The molecular formula is C11H8F2N4OS. The molecule has 0 saturated heterocycles. The normalized spacial score (nSPS) is 11.6. The molecule has 0 fully saturated rings. The van der Waals surface area contributed by atoms with E-state index in [9.17, 15) is 8.78 Å². The lowest BCUT2D eigenvalue weighted by molar-refractivity contribution is 0.318. The van der Waals surface area contributed by atoms with E-state index in [1.54, 1.807) is 0 Å². The summed E-state index contributed by atoms with van der Waals surface area (Å²) in [5.74, 6) is -1.49. The first-order valence-corrected chi connectivity index (χ1v) is 5.84. The van der Waals surface area contributed by atoms with Crippen LogP contribution in [0.1, 0.15) is 5.69 Å². The maximum atomic E-state index is 13.4. The minimum atomic E-state index is -0.674. The van der Waals surface area contributed by atoms with Crippen molar-refractivity contribution < 1.29 is 14.0 Å². The summed E-state index contributed by atoms with van der Waals surface area (Å²) < 4.78 is 26.2.